The molecule has 0 fully saturated rings. The number of carbonyl (C=O) groups is 2. The van der Waals surface area contributed by atoms with E-state index in [0.717, 1.165) is 11.3 Å². The molecule has 0 spiro atoms. The number of nitriles is 1. The van der Waals surface area contributed by atoms with Gasteiger partial charge < -0.3 is 15.5 Å². The van der Waals surface area contributed by atoms with Crippen LogP contribution in [0.1, 0.15) is 31.3 Å². The third kappa shape index (κ3) is 3.18. The number of nitrogens with two attached hydrogens (primary N) is 1. The first kappa shape index (κ1) is 17.7. The lowest BCUT2D eigenvalue weighted by molar-refractivity contribution is 0.0999. The van der Waals surface area contributed by atoms with E-state index in [-0.39, 0.29) is 27.0 Å². The maximum Gasteiger partial charge on any atom is 0.278 e. The monoisotopic (exact) mass is 386 g/mol. The average molecular weight is 387 g/mol. The number of oxazole rings is 1. The van der Waals surface area contributed by atoms with Crippen LogP contribution in [0, 0.1) is 18.3 Å². The normalized spacial score (nSPS) is 10.3. The maximum atomic E-state index is 12.4. The molecule has 0 unspecified atom stereocenters. The van der Waals surface area contributed by atoms with Gasteiger partial charge >= 0.3 is 0 Å². The summed E-state index contributed by atoms with van der Waals surface area (Å²) in [4.78, 5) is 28.2. The quantitative estimate of drug-likeness (QED) is 0.709. The molecule has 130 valence electrons. The number of amides is 2. The third-order valence-corrected chi connectivity index (χ3v) is 5.10. The smallest absolute Gasteiger partial charge is 0.278 e. The van der Waals surface area contributed by atoms with E-state index in [1.807, 2.05) is 6.07 Å². The van der Waals surface area contributed by atoms with Crippen molar-refractivity contribution in [2.45, 2.75) is 6.92 Å². The van der Waals surface area contributed by atoms with E-state index in [4.69, 9.17) is 21.8 Å². The van der Waals surface area contributed by atoms with Gasteiger partial charge in [0.1, 0.15) is 17.3 Å². The molecule has 0 saturated heterocycles. The molecule has 3 aromatic rings. The SMILES string of the molecule is Cc1c(C(N)=O)sc(NC(=O)c2coc(-c3ccccc3Cl)n2)c1C#N. The summed E-state index contributed by atoms with van der Waals surface area (Å²) < 4.78 is 5.32. The molecule has 0 radical (unpaired) electrons. The third-order valence-electron chi connectivity index (χ3n) is 3.55. The molecule has 9 heteroatoms. The Bertz CT molecular complexity index is 1060. The second-order valence-corrected chi connectivity index (χ2v) is 6.64. The summed E-state index contributed by atoms with van der Waals surface area (Å²) in [5.74, 6) is -1.05. The number of hydrogen-bond donors (Lipinski definition) is 2. The number of rotatable bonds is 4. The minimum Gasteiger partial charge on any atom is -0.444 e. The number of hydrogen-bond acceptors (Lipinski definition) is 6. The van der Waals surface area contributed by atoms with E-state index >= 15 is 0 Å². The number of nitrogens with one attached hydrogen (secondary N) is 1. The van der Waals surface area contributed by atoms with E-state index in [1.54, 1.807) is 31.2 Å². The fraction of sp³-hybridized carbons (Fsp3) is 0.0588. The molecule has 0 aliphatic rings. The lowest BCUT2D eigenvalue weighted by Crippen LogP contribution is -2.12. The minimum absolute atomic E-state index is 0.00971. The van der Waals surface area contributed by atoms with Crippen molar-refractivity contribution in [2.24, 2.45) is 5.73 Å². The first-order valence-corrected chi connectivity index (χ1v) is 8.47. The van der Waals surface area contributed by atoms with Crippen molar-refractivity contribution in [1.29, 1.82) is 5.26 Å². The van der Waals surface area contributed by atoms with Gasteiger partial charge in [-0.3, -0.25) is 9.59 Å². The Labute approximate surface area is 157 Å². The van der Waals surface area contributed by atoms with Crippen molar-refractivity contribution in [3.05, 3.63) is 57.2 Å². The van der Waals surface area contributed by atoms with Crippen LogP contribution in [0.3, 0.4) is 0 Å². The van der Waals surface area contributed by atoms with Crippen LogP contribution in [0.15, 0.2) is 34.9 Å². The van der Waals surface area contributed by atoms with Gasteiger partial charge in [-0.25, -0.2) is 4.98 Å². The second kappa shape index (κ2) is 7.00. The van der Waals surface area contributed by atoms with Crippen molar-refractivity contribution in [3.8, 4) is 17.5 Å². The van der Waals surface area contributed by atoms with Crippen LogP contribution in [-0.4, -0.2) is 16.8 Å². The highest BCUT2D eigenvalue weighted by Crippen LogP contribution is 2.33. The van der Waals surface area contributed by atoms with E-state index in [0.29, 0.717) is 16.1 Å². The van der Waals surface area contributed by atoms with Crippen molar-refractivity contribution in [3.63, 3.8) is 0 Å². The zero-order chi connectivity index (χ0) is 18.8. The Morgan fingerprint density at radius 1 is 1.38 bits per heavy atom. The molecule has 0 atom stereocenters. The summed E-state index contributed by atoms with van der Waals surface area (Å²) in [6, 6.07) is 8.89. The van der Waals surface area contributed by atoms with Crippen LogP contribution in [0.2, 0.25) is 5.02 Å². The van der Waals surface area contributed by atoms with Crippen LogP contribution in [0.4, 0.5) is 5.00 Å². The molecule has 0 aliphatic heterocycles. The van der Waals surface area contributed by atoms with Gasteiger partial charge in [0.2, 0.25) is 5.89 Å². The standard InChI is InChI=1S/C17H11ClN4O3S/c1-8-10(6-19)17(26-13(8)14(20)23)22-15(24)12-7-25-16(21-12)9-4-2-3-5-11(9)18/h2-5,7H,1H3,(H2,20,23)(H,22,24). The highest BCUT2D eigenvalue weighted by atomic mass is 35.5. The highest BCUT2D eigenvalue weighted by Gasteiger charge is 2.22. The zero-order valence-corrected chi connectivity index (χ0v) is 14.9. The predicted octanol–water partition coefficient (Wildman–Crippen LogP) is 3.59. The van der Waals surface area contributed by atoms with Gasteiger partial charge in [-0.15, -0.1) is 11.3 Å². The molecule has 26 heavy (non-hydrogen) atoms. The topological polar surface area (TPSA) is 122 Å². The minimum atomic E-state index is -0.660. The number of anilines is 1. The number of nitrogens with zero attached hydrogens (tertiary/aromatic N) is 2. The Kier molecular flexibility index (Phi) is 4.75. The molecule has 2 heterocycles. The number of carbonyl (C=O) groups excluding carboxylic acids is 2. The molecule has 3 N–H and O–H groups in total. The van der Waals surface area contributed by atoms with Gasteiger partial charge in [0.05, 0.1) is 21.0 Å². The Hall–Kier alpha value is -3.15. The summed E-state index contributed by atoms with van der Waals surface area (Å²) in [5.41, 5.74) is 6.46. The van der Waals surface area contributed by atoms with E-state index in [9.17, 15) is 14.9 Å². The molecule has 1 aromatic carbocycles. The molecular weight excluding hydrogens is 376 g/mol. The maximum absolute atomic E-state index is 12.4. The number of thiophene rings is 1. The summed E-state index contributed by atoms with van der Waals surface area (Å²) in [5, 5.41) is 12.5. The number of primary amides is 1. The summed E-state index contributed by atoms with van der Waals surface area (Å²) in [7, 11) is 0. The number of aromatic nitrogens is 1. The molecule has 0 bridgehead atoms. The van der Waals surface area contributed by atoms with Crippen LogP contribution in [0.5, 0.6) is 0 Å². The van der Waals surface area contributed by atoms with E-state index in [1.165, 1.54) is 6.26 Å². The predicted molar refractivity (Wildman–Crippen MR) is 97.2 cm³/mol. The average Bonchev–Trinajstić information content (AvgIpc) is 3.20. The molecule has 2 amide bonds. The van der Waals surface area contributed by atoms with Crippen LogP contribution >= 0.6 is 22.9 Å². The van der Waals surface area contributed by atoms with Gasteiger partial charge in [-0.2, -0.15) is 5.26 Å². The van der Waals surface area contributed by atoms with Gasteiger partial charge in [0.15, 0.2) is 5.69 Å². The first-order chi connectivity index (χ1) is 12.4. The van der Waals surface area contributed by atoms with Crippen molar-refractivity contribution < 1.29 is 14.0 Å². The van der Waals surface area contributed by atoms with Crippen molar-refractivity contribution in [1.82, 2.24) is 4.98 Å². The highest BCUT2D eigenvalue weighted by molar-refractivity contribution is 7.18. The molecule has 7 nitrogen and oxygen atoms in total. The number of benzene rings is 1. The molecule has 0 saturated carbocycles. The second-order valence-electron chi connectivity index (χ2n) is 5.21. The first-order valence-electron chi connectivity index (χ1n) is 7.27. The van der Waals surface area contributed by atoms with Gasteiger partial charge in [-0.1, -0.05) is 23.7 Å². The fourth-order valence-corrected chi connectivity index (χ4v) is 3.50. The van der Waals surface area contributed by atoms with Crippen molar-refractivity contribution >= 4 is 39.8 Å². The van der Waals surface area contributed by atoms with E-state index in [2.05, 4.69) is 10.3 Å². The molecular formula is C17H11ClN4O3S. The van der Waals surface area contributed by atoms with Gasteiger partial charge in [0.25, 0.3) is 11.8 Å². The van der Waals surface area contributed by atoms with Crippen LogP contribution in [0.25, 0.3) is 11.5 Å². The van der Waals surface area contributed by atoms with E-state index < -0.39 is 11.8 Å². The Morgan fingerprint density at radius 3 is 2.77 bits per heavy atom. The lowest BCUT2D eigenvalue weighted by atomic mass is 10.1. The Balaban J connectivity index is 1.89. The fourth-order valence-electron chi connectivity index (χ4n) is 2.27. The summed E-state index contributed by atoms with van der Waals surface area (Å²) in [6.07, 6.45) is 1.19. The molecule has 2 aromatic heterocycles. The van der Waals surface area contributed by atoms with Crippen LogP contribution in [-0.2, 0) is 0 Å². The Morgan fingerprint density at radius 2 is 2.12 bits per heavy atom. The molecule has 3 rings (SSSR count). The van der Waals surface area contributed by atoms with Crippen molar-refractivity contribution in [2.75, 3.05) is 5.32 Å². The van der Waals surface area contributed by atoms with Gasteiger partial charge in [-0.05, 0) is 24.6 Å². The summed E-state index contributed by atoms with van der Waals surface area (Å²) in [6.45, 7) is 1.59. The molecule has 0 aliphatic carbocycles. The lowest BCUT2D eigenvalue weighted by Gasteiger charge is -2.00. The summed E-state index contributed by atoms with van der Waals surface area (Å²) >= 11 is 7.03. The van der Waals surface area contributed by atoms with Crippen LogP contribution < -0.4 is 11.1 Å². The van der Waals surface area contributed by atoms with Gasteiger partial charge in [0, 0.05) is 0 Å². The largest absolute Gasteiger partial charge is 0.444 e. The number of halogens is 1. The zero-order valence-electron chi connectivity index (χ0n) is 13.4.